The first-order valence-electron chi connectivity index (χ1n) is 8.92. The molecule has 1 aliphatic heterocycles. The van der Waals surface area contributed by atoms with Crippen molar-refractivity contribution < 1.29 is 4.79 Å². The summed E-state index contributed by atoms with van der Waals surface area (Å²) in [7, 11) is 0. The van der Waals surface area contributed by atoms with E-state index in [4.69, 9.17) is 0 Å². The van der Waals surface area contributed by atoms with E-state index in [-0.39, 0.29) is 0 Å². The second kappa shape index (κ2) is 11.0. The highest BCUT2D eigenvalue weighted by Crippen LogP contribution is 2.16. The van der Waals surface area contributed by atoms with Crippen LogP contribution in [-0.2, 0) is 4.79 Å². The zero-order chi connectivity index (χ0) is 15.5. The van der Waals surface area contributed by atoms with Gasteiger partial charge in [-0.05, 0) is 71.2 Å². The maximum atomic E-state index is 12.3. The second-order valence-electron chi connectivity index (χ2n) is 6.10. The number of nitrogens with zero attached hydrogens (tertiary/aromatic N) is 2. The van der Waals surface area contributed by atoms with Crippen LogP contribution in [-0.4, -0.2) is 61.5 Å². The summed E-state index contributed by atoms with van der Waals surface area (Å²) in [4.78, 5) is 16.8. The molecule has 1 unspecified atom stereocenters. The van der Waals surface area contributed by atoms with Crippen LogP contribution in [0.5, 0.6) is 0 Å². The van der Waals surface area contributed by atoms with Crippen LogP contribution >= 0.6 is 0 Å². The molecule has 1 saturated heterocycles. The van der Waals surface area contributed by atoms with Gasteiger partial charge in [0.05, 0.1) is 0 Å². The van der Waals surface area contributed by atoms with E-state index in [1.165, 1.54) is 12.8 Å². The summed E-state index contributed by atoms with van der Waals surface area (Å²) >= 11 is 0. The number of hydrogen-bond acceptors (Lipinski definition) is 3. The van der Waals surface area contributed by atoms with Gasteiger partial charge in [-0.3, -0.25) is 4.79 Å². The Morgan fingerprint density at radius 2 is 1.90 bits per heavy atom. The molecular formula is C17H35N3O. The Hall–Kier alpha value is -0.610. The van der Waals surface area contributed by atoms with Crippen LogP contribution in [0.15, 0.2) is 0 Å². The molecule has 21 heavy (non-hydrogen) atoms. The fourth-order valence-corrected chi connectivity index (χ4v) is 3.14. The Morgan fingerprint density at radius 3 is 2.48 bits per heavy atom. The van der Waals surface area contributed by atoms with Crippen molar-refractivity contribution >= 4 is 5.91 Å². The van der Waals surface area contributed by atoms with Crippen LogP contribution in [0.4, 0.5) is 0 Å². The first kappa shape index (κ1) is 18.4. The second-order valence-corrected chi connectivity index (χ2v) is 6.10. The number of amides is 1. The molecule has 0 aromatic heterocycles. The van der Waals surface area contributed by atoms with Gasteiger partial charge in [0.2, 0.25) is 5.91 Å². The Kier molecular flexibility index (Phi) is 9.68. The maximum Gasteiger partial charge on any atom is 0.222 e. The molecule has 1 fully saturated rings. The highest BCUT2D eigenvalue weighted by atomic mass is 16.2. The Balaban J connectivity index is 2.21. The highest BCUT2D eigenvalue weighted by Gasteiger charge is 2.17. The van der Waals surface area contributed by atoms with Crippen molar-refractivity contribution in [2.24, 2.45) is 5.92 Å². The highest BCUT2D eigenvalue weighted by molar-refractivity contribution is 5.76. The molecule has 1 aliphatic rings. The smallest absolute Gasteiger partial charge is 0.222 e. The molecule has 1 N–H and O–H groups in total. The molecule has 0 aliphatic carbocycles. The third-order valence-electron chi connectivity index (χ3n) is 4.70. The number of carbonyl (C=O) groups is 1. The Bertz CT molecular complexity index is 273. The molecule has 0 saturated carbocycles. The van der Waals surface area contributed by atoms with E-state index in [0.717, 1.165) is 65.1 Å². The van der Waals surface area contributed by atoms with E-state index in [1.807, 2.05) is 4.90 Å². The van der Waals surface area contributed by atoms with Crippen molar-refractivity contribution in [3.8, 4) is 0 Å². The summed E-state index contributed by atoms with van der Waals surface area (Å²) in [5.41, 5.74) is 0. The van der Waals surface area contributed by atoms with Gasteiger partial charge in [0.1, 0.15) is 0 Å². The fourth-order valence-electron chi connectivity index (χ4n) is 3.14. The molecule has 0 spiro atoms. The van der Waals surface area contributed by atoms with Crippen molar-refractivity contribution in [3.05, 3.63) is 0 Å². The van der Waals surface area contributed by atoms with Crippen molar-refractivity contribution in [3.63, 3.8) is 0 Å². The van der Waals surface area contributed by atoms with Crippen LogP contribution < -0.4 is 5.32 Å². The zero-order valence-electron chi connectivity index (χ0n) is 14.4. The quantitative estimate of drug-likeness (QED) is 0.672. The first-order chi connectivity index (χ1) is 10.2. The third kappa shape index (κ3) is 7.28. The fraction of sp³-hybridized carbons (Fsp3) is 0.941. The predicted molar refractivity (Wildman–Crippen MR) is 89.5 cm³/mol. The van der Waals surface area contributed by atoms with Crippen LogP contribution in [0.1, 0.15) is 52.9 Å². The number of nitrogens with one attached hydrogen (secondary N) is 1. The van der Waals surface area contributed by atoms with Crippen molar-refractivity contribution in [2.45, 2.75) is 52.9 Å². The van der Waals surface area contributed by atoms with Gasteiger partial charge in [0.15, 0.2) is 0 Å². The Labute approximate surface area is 131 Å². The molecule has 4 nitrogen and oxygen atoms in total. The van der Waals surface area contributed by atoms with Gasteiger partial charge in [-0.1, -0.05) is 13.8 Å². The van der Waals surface area contributed by atoms with E-state index in [9.17, 15) is 4.79 Å². The molecule has 4 heteroatoms. The maximum absolute atomic E-state index is 12.3. The van der Waals surface area contributed by atoms with Gasteiger partial charge in [0.25, 0.3) is 0 Å². The largest absolute Gasteiger partial charge is 0.343 e. The first-order valence-corrected chi connectivity index (χ1v) is 8.92. The van der Waals surface area contributed by atoms with Crippen LogP contribution in [0.3, 0.4) is 0 Å². The minimum Gasteiger partial charge on any atom is -0.343 e. The molecule has 0 radical (unpaired) electrons. The molecule has 0 aromatic rings. The van der Waals surface area contributed by atoms with E-state index in [0.29, 0.717) is 11.8 Å². The minimum absolute atomic E-state index is 0.350. The topological polar surface area (TPSA) is 35.6 Å². The molecule has 0 bridgehead atoms. The SMILES string of the molecule is CCN(CC)CCCN(CC)C(=O)CCC1CCCNC1. The van der Waals surface area contributed by atoms with Gasteiger partial charge in [-0.25, -0.2) is 0 Å². The molecule has 1 heterocycles. The zero-order valence-corrected chi connectivity index (χ0v) is 14.4. The van der Waals surface area contributed by atoms with Crippen molar-refractivity contribution in [2.75, 3.05) is 45.8 Å². The van der Waals surface area contributed by atoms with Gasteiger partial charge in [-0.2, -0.15) is 0 Å². The summed E-state index contributed by atoms with van der Waals surface area (Å²) in [5.74, 6) is 1.06. The average molecular weight is 297 g/mol. The summed E-state index contributed by atoms with van der Waals surface area (Å²) in [5, 5.41) is 3.43. The van der Waals surface area contributed by atoms with Crippen molar-refractivity contribution in [1.82, 2.24) is 15.1 Å². The van der Waals surface area contributed by atoms with Gasteiger partial charge < -0.3 is 15.1 Å². The third-order valence-corrected chi connectivity index (χ3v) is 4.70. The molecule has 1 rings (SSSR count). The summed E-state index contributed by atoms with van der Waals surface area (Å²) in [6.45, 7) is 13.8. The lowest BCUT2D eigenvalue weighted by Crippen LogP contribution is -2.35. The van der Waals surface area contributed by atoms with Crippen LogP contribution in [0.2, 0.25) is 0 Å². The summed E-state index contributed by atoms with van der Waals surface area (Å²) < 4.78 is 0. The minimum atomic E-state index is 0.350. The van der Waals surface area contributed by atoms with Gasteiger partial charge in [-0.15, -0.1) is 0 Å². The molecule has 1 amide bonds. The number of hydrogen-bond donors (Lipinski definition) is 1. The summed E-state index contributed by atoms with van der Waals surface area (Å²) in [6, 6.07) is 0. The standard InChI is InChI=1S/C17H35N3O/c1-4-19(5-2)13-8-14-20(6-3)17(21)11-10-16-9-7-12-18-15-16/h16,18H,4-15H2,1-3H3. The molecule has 1 atom stereocenters. The lowest BCUT2D eigenvalue weighted by Gasteiger charge is -2.26. The van der Waals surface area contributed by atoms with E-state index in [2.05, 4.69) is 31.0 Å². The van der Waals surface area contributed by atoms with Crippen LogP contribution in [0.25, 0.3) is 0 Å². The average Bonchev–Trinajstić information content (AvgIpc) is 2.54. The monoisotopic (exact) mass is 297 g/mol. The Morgan fingerprint density at radius 1 is 1.14 bits per heavy atom. The van der Waals surface area contributed by atoms with Gasteiger partial charge in [0, 0.05) is 19.5 Å². The van der Waals surface area contributed by atoms with Gasteiger partial charge >= 0.3 is 0 Å². The van der Waals surface area contributed by atoms with Crippen molar-refractivity contribution in [1.29, 1.82) is 0 Å². The molecular weight excluding hydrogens is 262 g/mol. The van der Waals surface area contributed by atoms with E-state index >= 15 is 0 Å². The number of piperidine rings is 1. The predicted octanol–water partition coefficient (Wildman–Crippen LogP) is 2.35. The number of carbonyl (C=O) groups excluding carboxylic acids is 1. The number of rotatable bonds is 10. The molecule has 0 aromatic carbocycles. The normalized spacial score (nSPS) is 19.0. The van der Waals surface area contributed by atoms with E-state index in [1.54, 1.807) is 0 Å². The molecule has 124 valence electrons. The summed E-state index contributed by atoms with van der Waals surface area (Å²) in [6.07, 6.45) is 5.42. The lowest BCUT2D eigenvalue weighted by atomic mass is 9.94. The van der Waals surface area contributed by atoms with Crippen LogP contribution in [0, 0.1) is 5.92 Å². The lowest BCUT2D eigenvalue weighted by molar-refractivity contribution is -0.131. The van der Waals surface area contributed by atoms with E-state index < -0.39 is 0 Å².